The number of pyridine rings is 1. The first-order chi connectivity index (χ1) is 7.79. The first-order valence-corrected chi connectivity index (χ1v) is 5.12. The van der Waals surface area contributed by atoms with Crippen LogP contribution in [-0.4, -0.2) is 17.7 Å². The summed E-state index contributed by atoms with van der Waals surface area (Å²) < 4.78 is 36.1. The quantitative estimate of drug-likeness (QED) is 0.624. The third-order valence-electron chi connectivity index (χ3n) is 1.67. The smallest absolute Gasteiger partial charge is 0.396 e. The molecule has 0 unspecified atom stereocenters. The van der Waals surface area contributed by atoms with Crippen LogP contribution in [0.15, 0.2) is 12.1 Å². The molecule has 1 aromatic heterocycles. The minimum atomic E-state index is -4.38. The van der Waals surface area contributed by atoms with E-state index in [1.54, 1.807) is 13.0 Å². The lowest BCUT2D eigenvalue weighted by molar-refractivity contribution is -0.119. The summed E-state index contributed by atoms with van der Waals surface area (Å²) >= 11 is 0. The van der Waals surface area contributed by atoms with E-state index in [1.165, 1.54) is 6.07 Å². The minimum absolute atomic E-state index is 0.0627. The number of hydrogen-bond donors (Lipinski definition) is 2. The van der Waals surface area contributed by atoms with Crippen molar-refractivity contribution in [2.45, 2.75) is 26.9 Å². The molecule has 0 atom stereocenters. The number of aryl methyl sites for hydroxylation is 1. The van der Waals surface area contributed by atoms with Crippen molar-refractivity contribution >= 4 is 11.5 Å². The molecule has 4 N–H and O–H groups in total. The van der Waals surface area contributed by atoms with Gasteiger partial charge in [-0.25, -0.2) is 10.8 Å². The third kappa shape index (κ3) is 5.39. The molecule has 17 heavy (non-hydrogen) atoms. The number of alkyl halides is 3. The van der Waals surface area contributed by atoms with Crippen LogP contribution in [0.5, 0.6) is 0 Å². The number of nitrogen functional groups attached to an aromatic ring is 1. The van der Waals surface area contributed by atoms with E-state index in [9.17, 15) is 13.2 Å². The number of halogens is 3. The highest BCUT2D eigenvalue weighted by atomic mass is 19.4. The molecule has 0 spiro atoms. The van der Waals surface area contributed by atoms with Crippen molar-refractivity contribution in [2.75, 3.05) is 17.3 Å². The summed E-state index contributed by atoms with van der Waals surface area (Å²) in [6, 6.07) is 3.06. The van der Waals surface area contributed by atoms with Gasteiger partial charge in [-0.05, 0) is 19.1 Å². The Balaban J connectivity index is 0.00000121. The van der Waals surface area contributed by atoms with Gasteiger partial charge in [0.1, 0.15) is 6.54 Å². The standard InChI is InChI=1S/C8H11F3N4.C2H6/c1-5-2-3-6(12)7(14-5)15(13)4-8(9,10)11;1-2/h2-3H,4,12-13H2,1H3;1-2H3. The summed E-state index contributed by atoms with van der Waals surface area (Å²) in [5, 5.41) is 0.488. The van der Waals surface area contributed by atoms with Crippen LogP contribution in [0.25, 0.3) is 0 Å². The van der Waals surface area contributed by atoms with Gasteiger partial charge in [0.15, 0.2) is 5.82 Å². The fourth-order valence-electron chi connectivity index (χ4n) is 1.05. The number of rotatable bonds is 2. The molecule has 98 valence electrons. The number of nitrogens with two attached hydrogens (primary N) is 2. The maximum absolute atomic E-state index is 12.0. The summed E-state index contributed by atoms with van der Waals surface area (Å²) in [6.45, 7) is 4.36. The maximum atomic E-state index is 12.0. The van der Waals surface area contributed by atoms with E-state index in [-0.39, 0.29) is 11.5 Å². The van der Waals surface area contributed by atoms with Crippen LogP contribution in [0.4, 0.5) is 24.7 Å². The van der Waals surface area contributed by atoms with Crippen LogP contribution in [0, 0.1) is 6.92 Å². The van der Waals surface area contributed by atoms with Gasteiger partial charge in [-0.1, -0.05) is 13.8 Å². The van der Waals surface area contributed by atoms with Crippen LogP contribution < -0.4 is 16.6 Å². The SMILES string of the molecule is CC.Cc1ccc(N)c(N(N)CC(F)(F)F)n1. The van der Waals surface area contributed by atoms with E-state index in [0.29, 0.717) is 10.7 Å². The lowest BCUT2D eigenvalue weighted by Gasteiger charge is -2.20. The fourth-order valence-corrected chi connectivity index (χ4v) is 1.05. The Morgan fingerprint density at radius 3 is 2.29 bits per heavy atom. The Bertz CT molecular complexity index is 352. The van der Waals surface area contributed by atoms with E-state index in [1.807, 2.05) is 13.8 Å². The van der Waals surface area contributed by atoms with Gasteiger partial charge in [0.25, 0.3) is 0 Å². The zero-order chi connectivity index (χ0) is 13.6. The number of anilines is 2. The number of aromatic nitrogens is 1. The monoisotopic (exact) mass is 250 g/mol. The molecule has 0 radical (unpaired) electrons. The molecule has 7 heteroatoms. The lowest BCUT2D eigenvalue weighted by atomic mass is 10.3. The normalized spacial score (nSPS) is 10.5. The van der Waals surface area contributed by atoms with Crippen LogP contribution in [0.3, 0.4) is 0 Å². The molecule has 1 aromatic rings. The molecule has 0 bridgehead atoms. The minimum Gasteiger partial charge on any atom is -0.396 e. The summed E-state index contributed by atoms with van der Waals surface area (Å²) in [6.07, 6.45) is -4.38. The molecule has 0 saturated heterocycles. The Morgan fingerprint density at radius 1 is 1.29 bits per heavy atom. The van der Waals surface area contributed by atoms with E-state index >= 15 is 0 Å². The van der Waals surface area contributed by atoms with Gasteiger partial charge in [0, 0.05) is 5.69 Å². The Kier molecular flexibility index (Phi) is 5.73. The first kappa shape index (κ1) is 15.5. The summed E-state index contributed by atoms with van der Waals surface area (Å²) in [4.78, 5) is 3.83. The van der Waals surface area contributed by atoms with Gasteiger partial charge in [0.05, 0.1) is 5.69 Å². The van der Waals surface area contributed by atoms with E-state index in [0.717, 1.165) is 0 Å². The molecular formula is C10H17F3N4. The first-order valence-electron chi connectivity index (χ1n) is 5.12. The van der Waals surface area contributed by atoms with Crippen molar-refractivity contribution in [3.05, 3.63) is 17.8 Å². The van der Waals surface area contributed by atoms with Gasteiger partial charge in [-0.2, -0.15) is 13.2 Å². The second-order valence-electron chi connectivity index (χ2n) is 3.11. The molecular weight excluding hydrogens is 233 g/mol. The van der Waals surface area contributed by atoms with Crippen LogP contribution in [0.2, 0.25) is 0 Å². The van der Waals surface area contributed by atoms with E-state index in [4.69, 9.17) is 11.6 Å². The zero-order valence-corrected chi connectivity index (χ0v) is 10.0. The number of hydrogen-bond acceptors (Lipinski definition) is 4. The highest BCUT2D eigenvalue weighted by Gasteiger charge is 2.30. The van der Waals surface area contributed by atoms with Crippen LogP contribution in [0.1, 0.15) is 19.5 Å². The number of nitrogens with zero attached hydrogens (tertiary/aromatic N) is 2. The van der Waals surface area contributed by atoms with E-state index in [2.05, 4.69) is 4.98 Å². The summed E-state index contributed by atoms with van der Waals surface area (Å²) in [5.41, 5.74) is 6.13. The second-order valence-corrected chi connectivity index (χ2v) is 3.11. The summed E-state index contributed by atoms with van der Waals surface area (Å²) in [7, 11) is 0. The Labute approximate surface area is 98.4 Å². The molecule has 0 amide bonds. The average Bonchev–Trinajstić information content (AvgIpc) is 2.22. The predicted molar refractivity (Wildman–Crippen MR) is 62.3 cm³/mol. The van der Waals surface area contributed by atoms with Crippen molar-refractivity contribution in [2.24, 2.45) is 5.84 Å². The molecule has 1 heterocycles. The molecule has 0 saturated carbocycles. The summed E-state index contributed by atoms with van der Waals surface area (Å²) in [5.74, 6) is 5.16. The van der Waals surface area contributed by atoms with Gasteiger partial charge in [0.2, 0.25) is 0 Å². The highest BCUT2D eigenvalue weighted by molar-refractivity contribution is 5.62. The molecule has 0 aliphatic heterocycles. The topological polar surface area (TPSA) is 68.2 Å². The molecule has 0 aliphatic rings. The van der Waals surface area contributed by atoms with Gasteiger partial charge >= 0.3 is 6.18 Å². The largest absolute Gasteiger partial charge is 0.407 e. The molecule has 0 aromatic carbocycles. The third-order valence-corrected chi connectivity index (χ3v) is 1.67. The van der Waals surface area contributed by atoms with Crippen molar-refractivity contribution in [1.29, 1.82) is 0 Å². The van der Waals surface area contributed by atoms with Crippen molar-refractivity contribution in [3.8, 4) is 0 Å². The number of hydrazine groups is 1. The fraction of sp³-hybridized carbons (Fsp3) is 0.500. The lowest BCUT2D eigenvalue weighted by Crippen LogP contribution is -2.40. The molecule has 0 aliphatic carbocycles. The van der Waals surface area contributed by atoms with Gasteiger partial charge in [-0.15, -0.1) is 0 Å². The molecule has 1 rings (SSSR count). The predicted octanol–water partition coefficient (Wildman–Crippen LogP) is 2.24. The Morgan fingerprint density at radius 2 is 1.82 bits per heavy atom. The maximum Gasteiger partial charge on any atom is 0.407 e. The van der Waals surface area contributed by atoms with Crippen molar-refractivity contribution in [1.82, 2.24) is 4.98 Å². The van der Waals surface area contributed by atoms with Gasteiger partial charge < -0.3 is 5.73 Å². The van der Waals surface area contributed by atoms with Gasteiger partial charge in [-0.3, -0.25) is 5.01 Å². The molecule has 0 fully saturated rings. The highest BCUT2D eigenvalue weighted by Crippen LogP contribution is 2.22. The van der Waals surface area contributed by atoms with E-state index < -0.39 is 12.7 Å². The van der Waals surface area contributed by atoms with Crippen molar-refractivity contribution in [3.63, 3.8) is 0 Å². The Hall–Kier alpha value is -1.50. The zero-order valence-electron chi connectivity index (χ0n) is 10.0. The van der Waals surface area contributed by atoms with Crippen LogP contribution >= 0.6 is 0 Å². The van der Waals surface area contributed by atoms with Crippen LogP contribution in [-0.2, 0) is 0 Å². The van der Waals surface area contributed by atoms with Crippen molar-refractivity contribution < 1.29 is 13.2 Å². The average molecular weight is 250 g/mol. The molecule has 4 nitrogen and oxygen atoms in total. The second kappa shape index (κ2) is 6.29.